The summed E-state index contributed by atoms with van der Waals surface area (Å²) in [6.07, 6.45) is 9.65. The number of halogens is 1. The molecular formula is C12H17ClN2. The number of nitrogens with one attached hydrogen (secondary N) is 1. The number of pyridine rings is 1. The van der Waals surface area contributed by atoms with Crippen molar-refractivity contribution < 1.29 is 0 Å². The van der Waals surface area contributed by atoms with Gasteiger partial charge in [-0.3, -0.25) is 0 Å². The smallest absolute Gasteiger partial charge is 0.144 e. The second-order valence-corrected chi connectivity index (χ2v) is 4.57. The van der Waals surface area contributed by atoms with Crippen LogP contribution in [0.2, 0.25) is 5.02 Å². The summed E-state index contributed by atoms with van der Waals surface area (Å²) in [5.74, 6) is 0.839. The fourth-order valence-corrected chi connectivity index (χ4v) is 2.29. The highest BCUT2D eigenvalue weighted by Gasteiger charge is 2.13. The van der Waals surface area contributed by atoms with Crippen LogP contribution < -0.4 is 5.32 Å². The van der Waals surface area contributed by atoms with Crippen molar-refractivity contribution in [1.29, 1.82) is 0 Å². The first kappa shape index (κ1) is 10.7. The second kappa shape index (κ2) is 5.36. The summed E-state index contributed by atoms with van der Waals surface area (Å²) in [5, 5.41) is 4.17. The molecule has 0 saturated heterocycles. The molecule has 0 bridgehead atoms. The zero-order chi connectivity index (χ0) is 10.5. The Morgan fingerprint density at radius 3 is 2.60 bits per heavy atom. The van der Waals surface area contributed by atoms with Gasteiger partial charge in [-0.1, -0.05) is 37.3 Å². The molecule has 2 rings (SSSR count). The molecule has 1 aromatic rings. The van der Waals surface area contributed by atoms with Crippen LogP contribution in [-0.2, 0) is 0 Å². The lowest BCUT2D eigenvalue weighted by atomic mass is 10.1. The van der Waals surface area contributed by atoms with Gasteiger partial charge in [0, 0.05) is 12.2 Å². The third-order valence-electron chi connectivity index (χ3n) is 2.95. The van der Waals surface area contributed by atoms with Gasteiger partial charge in [0.2, 0.25) is 0 Å². The van der Waals surface area contributed by atoms with Crippen molar-refractivity contribution in [3.63, 3.8) is 0 Å². The third-order valence-corrected chi connectivity index (χ3v) is 3.26. The van der Waals surface area contributed by atoms with Gasteiger partial charge in [0.05, 0.1) is 5.02 Å². The standard InChI is InChI=1S/C12H17ClN2/c13-11-8-5-9-14-12(11)15-10-6-3-1-2-4-7-10/h5,8-10H,1-4,6-7H2,(H,14,15). The van der Waals surface area contributed by atoms with Gasteiger partial charge in [0.15, 0.2) is 0 Å². The van der Waals surface area contributed by atoms with Gasteiger partial charge in [0.1, 0.15) is 5.82 Å². The molecule has 1 aliphatic rings. The Kier molecular flexibility index (Phi) is 3.84. The fraction of sp³-hybridized carbons (Fsp3) is 0.583. The third kappa shape index (κ3) is 3.10. The maximum Gasteiger partial charge on any atom is 0.144 e. The van der Waals surface area contributed by atoms with Gasteiger partial charge in [-0.2, -0.15) is 0 Å². The second-order valence-electron chi connectivity index (χ2n) is 4.17. The molecule has 3 heteroatoms. The van der Waals surface area contributed by atoms with E-state index < -0.39 is 0 Å². The topological polar surface area (TPSA) is 24.9 Å². The highest BCUT2D eigenvalue weighted by molar-refractivity contribution is 6.32. The normalized spacial score (nSPS) is 18.5. The van der Waals surface area contributed by atoms with Gasteiger partial charge in [-0.25, -0.2) is 4.98 Å². The summed E-state index contributed by atoms with van der Waals surface area (Å²) in [7, 11) is 0. The lowest BCUT2D eigenvalue weighted by molar-refractivity contribution is 0.618. The van der Waals surface area contributed by atoms with Crippen LogP contribution in [0.4, 0.5) is 5.82 Å². The summed E-state index contributed by atoms with van der Waals surface area (Å²) in [6.45, 7) is 0. The number of anilines is 1. The number of hydrogen-bond acceptors (Lipinski definition) is 2. The molecule has 1 aliphatic carbocycles. The molecule has 1 heterocycles. The van der Waals surface area contributed by atoms with E-state index in [9.17, 15) is 0 Å². The van der Waals surface area contributed by atoms with Crippen LogP contribution in [0.3, 0.4) is 0 Å². The van der Waals surface area contributed by atoms with Crippen LogP contribution >= 0.6 is 11.6 Å². The van der Waals surface area contributed by atoms with E-state index in [0.29, 0.717) is 6.04 Å². The summed E-state index contributed by atoms with van der Waals surface area (Å²) in [6, 6.07) is 4.30. The van der Waals surface area contributed by atoms with Crippen LogP contribution in [-0.4, -0.2) is 11.0 Å². The van der Waals surface area contributed by atoms with E-state index in [1.54, 1.807) is 6.20 Å². The quantitative estimate of drug-likeness (QED) is 0.772. The Bertz CT molecular complexity index is 306. The van der Waals surface area contributed by atoms with Crippen molar-refractivity contribution in [3.8, 4) is 0 Å². The van der Waals surface area contributed by atoms with Gasteiger partial charge >= 0.3 is 0 Å². The molecule has 82 valence electrons. The average Bonchev–Trinajstić information content (AvgIpc) is 2.50. The SMILES string of the molecule is Clc1cccnc1NC1CCCCCC1. The molecule has 2 nitrogen and oxygen atoms in total. The molecule has 1 fully saturated rings. The van der Waals surface area contributed by atoms with E-state index >= 15 is 0 Å². The highest BCUT2D eigenvalue weighted by atomic mass is 35.5. The van der Waals surface area contributed by atoms with Crippen LogP contribution in [0.1, 0.15) is 38.5 Å². The van der Waals surface area contributed by atoms with Gasteiger partial charge in [-0.05, 0) is 25.0 Å². The molecule has 0 unspecified atom stereocenters. The maximum atomic E-state index is 6.06. The van der Waals surface area contributed by atoms with Crippen molar-refractivity contribution >= 4 is 17.4 Å². The van der Waals surface area contributed by atoms with Crippen molar-refractivity contribution in [2.45, 2.75) is 44.6 Å². The van der Waals surface area contributed by atoms with Crippen LogP contribution in [0.25, 0.3) is 0 Å². The van der Waals surface area contributed by atoms with E-state index in [1.807, 2.05) is 12.1 Å². The molecule has 0 atom stereocenters. The van der Waals surface area contributed by atoms with Crippen molar-refractivity contribution in [1.82, 2.24) is 4.98 Å². The minimum Gasteiger partial charge on any atom is -0.366 e. The molecule has 1 aromatic heterocycles. The molecule has 0 spiro atoms. The molecule has 0 aliphatic heterocycles. The van der Waals surface area contributed by atoms with Gasteiger partial charge in [0.25, 0.3) is 0 Å². The van der Waals surface area contributed by atoms with E-state index in [0.717, 1.165) is 10.8 Å². The number of nitrogens with zero attached hydrogens (tertiary/aromatic N) is 1. The molecular weight excluding hydrogens is 208 g/mol. The molecule has 0 radical (unpaired) electrons. The van der Waals surface area contributed by atoms with E-state index in [-0.39, 0.29) is 0 Å². The Morgan fingerprint density at radius 1 is 1.20 bits per heavy atom. The van der Waals surface area contributed by atoms with Crippen LogP contribution in [0, 0.1) is 0 Å². The number of aromatic nitrogens is 1. The zero-order valence-corrected chi connectivity index (χ0v) is 9.63. The summed E-state index contributed by atoms with van der Waals surface area (Å²) in [4.78, 5) is 4.26. The average molecular weight is 225 g/mol. The maximum absolute atomic E-state index is 6.06. The number of rotatable bonds is 2. The van der Waals surface area contributed by atoms with Crippen molar-refractivity contribution in [2.75, 3.05) is 5.32 Å². The molecule has 1 N–H and O–H groups in total. The largest absolute Gasteiger partial charge is 0.366 e. The van der Waals surface area contributed by atoms with Crippen LogP contribution in [0.15, 0.2) is 18.3 Å². The van der Waals surface area contributed by atoms with Gasteiger partial charge < -0.3 is 5.32 Å². The first-order valence-electron chi connectivity index (χ1n) is 5.73. The Morgan fingerprint density at radius 2 is 1.93 bits per heavy atom. The number of hydrogen-bond donors (Lipinski definition) is 1. The Labute approximate surface area is 96.1 Å². The van der Waals surface area contributed by atoms with Crippen molar-refractivity contribution in [3.05, 3.63) is 23.4 Å². The molecule has 1 saturated carbocycles. The summed E-state index contributed by atoms with van der Waals surface area (Å²) >= 11 is 6.06. The predicted molar refractivity (Wildman–Crippen MR) is 64.4 cm³/mol. The fourth-order valence-electron chi connectivity index (χ4n) is 2.11. The van der Waals surface area contributed by atoms with E-state index in [4.69, 9.17) is 11.6 Å². The lowest BCUT2D eigenvalue weighted by Gasteiger charge is -2.17. The summed E-state index contributed by atoms with van der Waals surface area (Å²) in [5.41, 5.74) is 0. The minimum absolute atomic E-state index is 0.555. The first-order valence-corrected chi connectivity index (χ1v) is 6.11. The highest BCUT2D eigenvalue weighted by Crippen LogP contribution is 2.23. The molecule has 0 aromatic carbocycles. The van der Waals surface area contributed by atoms with E-state index in [2.05, 4.69) is 10.3 Å². The minimum atomic E-state index is 0.555. The first-order chi connectivity index (χ1) is 7.36. The van der Waals surface area contributed by atoms with Crippen molar-refractivity contribution in [2.24, 2.45) is 0 Å². The molecule has 15 heavy (non-hydrogen) atoms. The summed E-state index contributed by atoms with van der Waals surface area (Å²) < 4.78 is 0. The predicted octanol–water partition coefficient (Wildman–Crippen LogP) is 3.87. The van der Waals surface area contributed by atoms with Gasteiger partial charge in [-0.15, -0.1) is 0 Å². The lowest BCUT2D eigenvalue weighted by Crippen LogP contribution is -2.19. The van der Waals surface area contributed by atoms with Crippen LogP contribution in [0.5, 0.6) is 0 Å². The Hall–Kier alpha value is -0.760. The van der Waals surface area contributed by atoms with E-state index in [1.165, 1.54) is 38.5 Å². The zero-order valence-electron chi connectivity index (χ0n) is 8.88. The monoisotopic (exact) mass is 224 g/mol. The Balaban J connectivity index is 1.98. The molecule has 0 amide bonds.